The molecule has 0 aliphatic carbocycles. The van der Waals surface area contributed by atoms with Crippen molar-refractivity contribution in [2.24, 2.45) is 0 Å². The largest absolute Gasteiger partial charge is 0.469 e. The summed E-state index contributed by atoms with van der Waals surface area (Å²) < 4.78 is 5.45. The summed E-state index contributed by atoms with van der Waals surface area (Å²) in [7, 11) is 0. The van der Waals surface area contributed by atoms with Gasteiger partial charge >= 0.3 is 0 Å². The highest BCUT2D eigenvalue weighted by molar-refractivity contribution is 5.20. The second-order valence-electron chi connectivity index (χ2n) is 5.84. The number of hydrogen-bond donors (Lipinski definition) is 1. The Bertz CT molecular complexity index is 523. The molecule has 0 saturated carbocycles. The molecule has 2 unspecified atom stereocenters. The second-order valence-corrected chi connectivity index (χ2v) is 5.84. The lowest BCUT2D eigenvalue weighted by molar-refractivity contribution is 0.109. The van der Waals surface area contributed by atoms with Crippen LogP contribution in [0, 0.1) is 0 Å². The summed E-state index contributed by atoms with van der Waals surface area (Å²) >= 11 is 0. The topological polar surface area (TPSA) is 28.4 Å². The van der Waals surface area contributed by atoms with Gasteiger partial charge in [0.25, 0.3) is 0 Å². The van der Waals surface area contributed by atoms with E-state index in [1.807, 2.05) is 6.07 Å². The lowest BCUT2D eigenvalue weighted by Crippen LogP contribution is -2.49. The Morgan fingerprint density at radius 1 is 1.24 bits per heavy atom. The molecule has 1 fully saturated rings. The second kappa shape index (κ2) is 6.92. The van der Waals surface area contributed by atoms with Gasteiger partial charge in [0.1, 0.15) is 5.76 Å². The smallest absolute Gasteiger partial charge is 0.103 e. The average molecular weight is 284 g/mol. The Balaban J connectivity index is 1.66. The third-order valence-electron chi connectivity index (χ3n) is 4.42. The molecule has 21 heavy (non-hydrogen) atoms. The summed E-state index contributed by atoms with van der Waals surface area (Å²) in [5.74, 6) is 1.09. The molecule has 0 bridgehead atoms. The summed E-state index contributed by atoms with van der Waals surface area (Å²) in [6.07, 6.45) is 3.91. The first-order valence-electron chi connectivity index (χ1n) is 7.88. The van der Waals surface area contributed by atoms with Crippen LogP contribution < -0.4 is 5.32 Å². The molecule has 2 aromatic rings. The predicted molar refractivity (Wildman–Crippen MR) is 85.2 cm³/mol. The van der Waals surface area contributed by atoms with Crippen molar-refractivity contribution in [1.82, 2.24) is 10.2 Å². The molecule has 1 saturated heterocycles. The number of furan rings is 1. The van der Waals surface area contributed by atoms with E-state index in [1.165, 1.54) is 5.56 Å². The van der Waals surface area contributed by atoms with Gasteiger partial charge in [-0.3, -0.25) is 4.90 Å². The number of nitrogens with zero attached hydrogens (tertiary/aromatic N) is 1. The fraction of sp³-hybridized carbons (Fsp3) is 0.444. The Labute approximate surface area is 127 Å². The van der Waals surface area contributed by atoms with Crippen molar-refractivity contribution >= 4 is 0 Å². The van der Waals surface area contributed by atoms with Gasteiger partial charge in [-0.2, -0.15) is 0 Å². The number of aryl methyl sites for hydroxylation is 1. The van der Waals surface area contributed by atoms with E-state index in [9.17, 15) is 0 Å². The van der Waals surface area contributed by atoms with Crippen LogP contribution in [-0.2, 0) is 6.42 Å². The third kappa shape index (κ3) is 3.55. The highest BCUT2D eigenvalue weighted by atomic mass is 16.3. The Morgan fingerprint density at radius 2 is 2.10 bits per heavy atom. The van der Waals surface area contributed by atoms with Gasteiger partial charge in [0.05, 0.1) is 6.26 Å². The molecule has 0 spiro atoms. The minimum Gasteiger partial charge on any atom is -0.469 e. The normalized spacial score (nSPS) is 21.3. The maximum Gasteiger partial charge on any atom is 0.103 e. The summed E-state index contributed by atoms with van der Waals surface area (Å²) in [6.45, 7) is 5.56. The summed E-state index contributed by atoms with van der Waals surface area (Å²) in [4.78, 5) is 2.63. The van der Waals surface area contributed by atoms with Crippen LogP contribution in [0.4, 0.5) is 0 Å². The van der Waals surface area contributed by atoms with Crippen LogP contribution in [-0.4, -0.2) is 30.6 Å². The van der Waals surface area contributed by atoms with Crippen LogP contribution in [0.2, 0.25) is 0 Å². The number of nitrogens with one attached hydrogen (secondary N) is 1. The van der Waals surface area contributed by atoms with Crippen LogP contribution in [0.25, 0.3) is 0 Å². The van der Waals surface area contributed by atoms with Gasteiger partial charge in [-0.05, 0) is 31.0 Å². The number of rotatable bonds is 5. The van der Waals surface area contributed by atoms with Gasteiger partial charge in [0.15, 0.2) is 0 Å². The zero-order chi connectivity index (χ0) is 14.5. The van der Waals surface area contributed by atoms with Crippen LogP contribution in [0.1, 0.15) is 30.7 Å². The van der Waals surface area contributed by atoms with E-state index in [4.69, 9.17) is 4.42 Å². The molecule has 1 aromatic heterocycles. The molecule has 2 heterocycles. The zero-order valence-corrected chi connectivity index (χ0v) is 12.7. The number of piperazine rings is 1. The summed E-state index contributed by atoms with van der Waals surface area (Å²) in [5, 5.41) is 3.53. The van der Waals surface area contributed by atoms with E-state index in [0.717, 1.165) is 38.2 Å². The molecule has 1 N–H and O–H groups in total. The zero-order valence-electron chi connectivity index (χ0n) is 12.7. The first-order valence-corrected chi connectivity index (χ1v) is 7.88. The van der Waals surface area contributed by atoms with Gasteiger partial charge in [-0.15, -0.1) is 0 Å². The SMILES string of the molecule is CC(CCc1ccco1)N1CCNCC1c1ccccc1. The van der Waals surface area contributed by atoms with E-state index in [1.54, 1.807) is 6.26 Å². The molecule has 0 amide bonds. The van der Waals surface area contributed by atoms with Gasteiger partial charge in [0.2, 0.25) is 0 Å². The monoisotopic (exact) mass is 284 g/mol. The molecular weight excluding hydrogens is 260 g/mol. The molecule has 1 aliphatic rings. The van der Waals surface area contributed by atoms with Crippen molar-refractivity contribution in [3.63, 3.8) is 0 Å². The van der Waals surface area contributed by atoms with Crippen molar-refractivity contribution in [2.45, 2.75) is 31.8 Å². The van der Waals surface area contributed by atoms with Crippen molar-refractivity contribution in [3.05, 3.63) is 60.1 Å². The van der Waals surface area contributed by atoms with Crippen molar-refractivity contribution in [1.29, 1.82) is 0 Å². The fourth-order valence-electron chi connectivity index (χ4n) is 3.20. The van der Waals surface area contributed by atoms with E-state index in [2.05, 4.69) is 53.5 Å². The number of benzene rings is 1. The van der Waals surface area contributed by atoms with E-state index in [0.29, 0.717) is 12.1 Å². The quantitative estimate of drug-likeness (QED) is 0.913. The molecule has 1 aromatic carbocycles. The van der Waals surface area contributed by atoms with Crippen molar-refractivity contribution < 1.29 is 4.42 Å². The highest BCUT2D eigenvalue weighted by Gasteiger charge is 2.27. The van der Waals surface area contributed by atoms with E-state index in [-0.39, 0.29) is 0 Å². The predicted octanol–water partition coefficient (Wildman–Crippen LogP) is 3.25. The van der Waals surface area contributed by atoms with Gasteiger partial charge in [-0.1, -0.05) is 30.3 Å². The third-order valence-corrected chi connectivity index (χ3v) is 4.42. The van der Waals surface area contributed by atoms with Gasteiger partial charge < -0.3 is 9.73 Å². The maximum atomic E-state index is 5.45. The molecule has 2 atom stereocenters. The van der Waals surface area contributed by atoms with Crippen molar-refractivity contribution in [2.75, 3.05) is 19.6 Å². The van der Waals surface area contributed by atoms with Crippen LogP contribution in [0.3, 0.4) is 0 Å². The minimum atomic E-state index is 0.478. The molecule has 1 aliphatic heterocycles. The average Bonchev–Trinajstić information content (AvgIpc) is 3.07. The van der Waals surface area contributed by atoms with Crippen molar-refractivity contribution in [3.8, 4) is 0 Å². The van der Waals surface area contributed by atoms with Crippen LogP contribution in [0.15, 0.2) is 53.1 Å². The minimum absolute atomic E-state index is 0.478. The van der Waals surface area contributed by atoms with Crippen LogP contribution in [0.5, 0.6) is 0 Å². The molecule has 3 heteroatoms. The van der Waals surface area contributed by atoms with E-state index < -0.39 is 0 Å². The molecular formula is C18H24N2O. The standard InChI is InChI=1S/C18H24N2O/c1-15(9-10-17-8-5-13-21-17)20-12-11-19-14-18(20)16-6-3-2-4-7-16/h2-8,13,15,18-19H,9-12,14H2,1H3. The lowest BCUT2D eigenvalue weighted by Gasteiger charge is -2.40. The Morgan fingerprint density at radius 3 is 2.86 bits per heavy atom. The summed E-state index contributed by atoms with van der Waals surface area (Å²) in [5.41, 5.74) is 1.41. The van der Waals surface area contributed by atoms with Crippen LogP contribution >= 0.6 is 0 Å². The number of hydrogen-bond acceptors (Lipinski definition) is 3. The molecule has 112 valence electrons. The first-order chi connectivity index (χ1) is 10.3. The highest BCUT2D eigenvalue weighted by Crippen LogP contribution is 2.25. The Hall–Kier alpha value is -1.58. The molecule has 3 nitrogen and oxygen atoms in total. The summed E-state index contributed by atoms with van der Waals surface area (Å²) in [6, 6.07) is 15.9. The Kier molecular flexibility index (Phi) is 4.73. The van der Waals surface area contributed by atoms with E-state index >= 15 is 0 Å². The molecule has 0 radical (unpaired) electrons. The first kappa shape index (κ1) is 14.4. The maximum absolute atomic E-state index is 5.45. The van der Waals surface area contributed by atoms with Gasteiger partial charge in [-0.25, -0.2) is 0 Å². The van der Waals surface area contributed by atoms with Gasteiger partial charge in [0, 0.05) is 38.1 Å². The molecule has 3 rings (SSSR count). The lowest BCUT2D eigenvalue weighted by atomic mass is 9.99. The fourth-order valence-corrected chi connectivity index (χ4v) is 3.20.